The number of aliphatic hydroxyl groups excluding tert-OH is 1. The van der Waals surface area contributed by atoms with Crippen molar-refractivity contribution in [3.8, 4) is 17.4 Å². The summed E-state index contributed by atoms with van der Waals surface area (Å²) in [5.41, 5.74) is 2.79. The summed E-state index contributed by atoms with van der Waals surface area (Å²) in [6.45, 7) is 0.224. The van der Waals surface area contributed by atoms with E-state index in [1.807, 2.05) is 36.4 Å². The van der Waals surface area contributed by atoms with Crippen LogP contribution in [0.2, 0.25) is 0 Å². The highest BCUT2D eigenvalue weighted by molar-refractivity contribution is 5.57. The minimum atomic E-state index is -0.230. The molecule has 0 saturated heterocycles. The Morgan fingerprint density at radius 1 is 1.16 bits per heavy atom. The van der Waals surface area contributed by atoms with Gasteiger partial charge < -0.3 is 19.5 Å². The van der Waals surface area contributed by atoms with Crippen molar-refractivity contribution in [3.63, 3.8) is 0 Å². The summed E-state index contributed by atoms with van der Waals surface area (Å²) in [4.78, 5) is 4.33. The van der Waals surface area contributed by atoms with Crippen molar-refractivity contribution in [2.75, 3.05) is 6.61 Å². The van der Waals surface area contributed by atoms with Crippen LogP contribution in [0.5, 0.6) is 17.4 Å². The molecule has 1 aliphatic heterocycles. The summed E-state index contributed by atoms with van der Waals surface area (Å²) < 4.78 is 7.46. The van der Waals surface area contributed by atoms with Crippen LogP contribution in [-0.4, -0.2) is 26.4 Å². The van der Waals surface area contributed by atoms with E-state index in [9.17, 15) is 10.2 Å². The third-order valence-electron chi connectivity index (χ3n) is 4.36. The molecule has 0 unspecified atom stereocenters. The average Bonchev–Trinajstić information content (AvgIpc) is 2.63. The standard InChI is InChI=1S/C19H17N3O3/c20-18-17-16(12-4-2-1-3-5-12)14-7-6-13(24)10-15(14)25-19(17)21-11-22(18)8-9-23/h1-7,10-11,16,20,23-24H,8-9H2/t16-/m1/s1. The van der Waals surface area contributed by atoms with E-state index in [-0.39, 0.29) is 23.8 Å². The molecule has 1 atom stereocenters. The molecule has 3 N–H and O–H groups in total. The lowest BCUT2D eigenvalue weighted by molar-refractivity contribution is 0.271. The van der Waals surface area contributed by atoms with Crippen LogP contribution in [0.15, 0.2) is 54.9 Å². The normalized spacial score (nSPS) is 15.2. The first-order valence-electron chi connectivity index (χ1n) is 7.99. The number of benzene rings is 2. The highest BCUT2D eigenvalue weighted by atomic mass is 16.5. The Hall–Kier alpha value is -3.12. The summed E-state index contributed by atoms with van der Waals surface area (Å²) in [5.74, 6) is 0.775. The Bertz CT molecular complexity index is 983. The zero-order chi connectivity index (χ0) is 17.4. The number of hydrogen-bond donors (Lipinski definition) is 3. The van der Waals surface area contributed by atoms with E-state index in [2.05, 4.69) is 4.98 Å². The van der Waals surface area contributed by atoms with Crippen molar-refractivity contribution in [1.82, 2.24) is 9.55 Å². The molecule has 0 fully saturated rings. The van der Waals surface area contributed by atoms with Gasteiger partial charge in [-0.15, -0.1) is 0 Å². The maximum atomic E-state index is 9.79. The van der Waals surface area contributed by atoms with Gasteiger partial charge in [-0.2, -0.15) is 0 Å². The second-order valence-corrected chi connectivity index (χ2v) is 5.90. The Labute approximate surface area is 144 Å². The molecular weight excluding hydrogens is 318 g/mol. The summed E-state index contributed by atoms with van der Waals surface area (Å²) >= 11 is 0. The minimum Gasteiger partial charge on any atom is -0.508 e. The number of phenols is 1. The van der Waals surface area contributed by atoms with Gasteiger partial charge in [0.2, 0.25) is 5.88 Å². The molecule has 0 spiro atoms. The maximum absolute atomic E-state index is 9.79. The SMILES string of the molecule is N=c1c2c(ncn1CCO)Oc1cc(O)ccc1[C@H]2c1ccccc1. The van der Waals surface area contributed by atoms with Gasteiger partial charge >= 0.3 is 0 Å². The third kappa shape index (κ3) is 2.56. The fourth-order valence-electron chi connectivity index (χ4n) is 3.23. The van der Waals surface area contributed by atoms with Gasteiger partial charge in [0.25, 0.3) is 0 Å². The van der Waals surface area contributed by atoms with Gasteiger partial charge in [-0.05, 0) is 11.6 Å². The van der Waals surface area contributed by atoms with Crippen LogP contribution in [-0.2, 0) is 6.54 Å². The molecule has 6 nitrogen and oxygen atoms in total. The van der Waals surface area contributed by atoms with Gasteiger partial charge in [-0.25, -0.2) is 4.98 Å². The lowest BCUT2D eigenvalue weighted by atomic mass is 9.84. The smallest absolute Gasteiger partial charge is 0.228 e. The number of aromatic nitrogens is 2. The fourth-order valence-corrected chi connectivity index (χ4v) is 3.23. The van der Waals surface area contributed by atoms with Crippen LogP contribution in [0.1, 0.15) is 22.6 Å². The Morgan fingerprint density at radius 3 is 2.72 bits per heavy atom. The van der Waals surface area contributed by atoms with Crippen molar-refractivity contribution in [1.29, 1.82) is 5.41 Å². The van der Waals surface area contributed by atoms with Crippen molar-refractivity contribution in [3.05, 3.63) is 77.0 Å². The Kier molecular flexibility index (Phi) is 3.74. The van der Waals surface area contributed by atoms with Gasteiger partial charge in [-0.1, -0.05) is 36.4 Å². The number of nitrogens with zero attached hydrogens (tertiary/aromatic N) is 2. The molecule has 3 aromatic rings. The second kappa shape index (κ2) is 6.07. The summed E-state index contributed by atoms with van der Waals surface area (Å²) in [7, 11) is 0. The molecule has 2 aromatic carbocycles. The number of hydrogen-bond acceptors (Lipinski definition) is 5. The van der Waals surface area contributed by atoms with E-state index in [4.69, 9.17) is 10.1 Å². The molecule has 25 heavy (non-hydrogen) atoms. The highest BCUT2D eigenvalue weighted by Gasteiger charge is 2.32. The predicted molar refractivity (Wildman–Crippen MR) is 90.7 cm³/mol. The van der Waals surface area contributed by atoms with E-state index in [0.29, 0.717) is 23.7 Å². The van der Waals surface area contributed by atoms with E-state index in [1.165, 1.54) is 6.33 Å². The minimum absolute atomic E-state index is 0.0711. The molecule has 0 saturated carbocycles. The van der Waals surface area contributed by atoms with Crippen LogP contribution in [0, 0.1) is 5.41 Å². The Morgan fingerprint density at radius 2 is 1.96 bits per heavy atom. The van der Waals surface area contributed by atoms with E-state index in [0.717, 1.165) is 11.1 Å². The fraction of sp³-hybridized carbons (Fsp3) is 0.158. The van der Waals surface area contributed by atoms with Crippen LogP contribution in [0.25, 0.3) is 0 Å². The van der Waals surface area contributed by atoms with Crippen LogP contribution in [0.4, 0.5) is 0 Å². The summed E-state index contributed by atoms with van der Waals surface area (Å²) in [5, 5.41) is 27.6. The number of phenolic OH excluding ortho intramolecular Hbond substituents is 1. The molecule has 4 rings (SSSR count). The molecule has 0 aliphatic carbocycles. The molecule has 126 valence electrons. The van der Waals surface area contributed by atoms with E-state index < -0.39 is 0 Å². The molecule has 1 aliphatic rings. The zero-order valence-corrected chi connectivity index (χ0v) is 13.4. The zero-order valence-electron chi connectivity index (χ0n) is 13.4. The van der Waals surface area contributed by atoms with Crippen LogP contribution in [0.3, 0.4) is 0 Å². The average molecular weight is 335 g/mol. The number of fused-ring (bicyclic) bond motifs is 2. The van der Waals surface area contributed by atoms with Crippen molar-refractivity contribution in [2.24, 2.45) is 0 Å². The molecule has 0 amide bonds. The van der Waals surface area contributed by atoms with Gasteiger partial charge in [0.1, 0.15) is 23.3 Å². The number of nitrogens with one attached hydrogen (secondary N) is 1. The monoisotopic (exact) mass is 335 g/mol. The van der Waals surface area contributed by atoms with Gasteiger partial charge in [0, 0.05) is 24.1 Å². The quantitative estimate of drug-likeness (QED) is 0.536. The molecule has 1 aromatic heterocycles. The number of ether oxygens (including phenoxy) is 1. The first-order chi connectivity index (χ1) is 12.2. The first-order valence-corrected chi connectivity index (χ1v) is 7.99. The Balaban J connectivity index is 1.99. The van der Waals surface area contributed by atoms with Crippen LogP contribution < -0.4 is 10.2 Å². The molecule has 6 heteroatoms. The highest BCUT2D eigenvalue weighted by Crippen LogP contribution is 2.45. The maximum Gasteiger partial charge on any atom is 0.228 e. The molecule has 0 radical (unpaired) electrons. The van der Waals surface area contributed by atoms with Gasteiger partial charge in [0.05, 0.1) is 12.2 Å². The first kappa shape index (κ1) is 15.4. The summed E-state index contributed by atoms with van der Waals surface area (Å²) in [6.07, 6.45) is 1.49. The number of rotatable bonds is 3. The van der Waals surface area contributed by atoms with Crippen molar-refractivity contribution in [2.45, 2.75) is 12.5 Å². The second-order valence-electron chi connectivity index (χ2n) is 5.90. The third-order valence-corrected chi connectivity index (χ3v) is 4.36. The molecule has 0 bridgehead atoms. The summed E-state index contributed by atoms with van der Waals surface area (Å²) in [6, 6.07) is 14.8. The van der Waals surface area contributed by atoms with Gasteiger partial charge in [0.15, 0.2) is 0 Å². The predicted octanol–water partition coefficient (Wildman–Crippen LogP) is 2.35. The van der Waals surface area contributed by atoms with E-state index >= 15 is 0 Å². The number of aromatic hydroxyl groups is 1. The largest absolute Gasteiger partial charge is 0.508 e. The topological polar surface area (TPSA) is 91.4 Å². The van der Waals surface area contributed by atoms with Gasteiger partial charge in [-0.3, -0.25) is 5.41 Å². The lowest BCUT2D eigenvalue weighted by Gasteiger charge is -2.28. The number of aliphatic hydroxyl groups is 1. The van der Waals surface area contributed by atoms with Crippen LogP contribution >= 0.6 is 0 Å². The van der Waals surface area contributed by atoms with Crippen molar-refractivity contribution >= 4 is 0 Å². The molecule has 2 heterocycles. The van der Waals surface area contributed by atoms with Crippen molar-refractivity contribution < 1.29 is 14.9 Å². The molecular formula is C19H17N3O3. The van der Waals surface area contributed by atoms with E-state index in [1.54, 1.807) is 16.7 Å². The lowest BCUT2D eigenvalue weighted by Crippen LogP contribution is -2.30.